The van der Waals surface area contributed by atoms with Gasteiger partial charge in [0.25, 0.3) is 0 Å². The molecule has 0 amide bonds. The van der Waals surface area contributed by atoms with Gasteiger partial charge in [-0.15, -0.1) is 11.3 Å². The first-order valence-corrected chi connectivity index (χ1v) is 9.64. The van der Waals surface area contributed by atoms with Crippen molar-refractivity contribution in [3.8, 4) is 12.1 Å². The highest BCUT2D eigenvalue weighted by molar-refractivity contribution is 8.00. The van der Waals surface area contributed by atoms with Gasteiger partial charge < -0.3 is 4.90 Å². The number of nitriles is 2. The summed E-state index contributed by atoms with van der Waals surface area (Å²) in [7, 11) is 2.21. The van der Waals surface area contributed by atoms with Gasteiger partial charge in [0, 0.05) is 11.8 Å². The summed E-state index contributed by atoms with van der Waals surface area (Å²) >= 11 is 4.55. The number of fused-ring (bicyclic) bond motifs is 3. The Bertz CT molecular complexity index is 786. The van der Waals surface area contributed by atoms with Crippen molar-refractivity contribution in [2.75, 3.05) is 25.1 Å². The Morgan fingerprint density at radius 3 is 2.77 bits per heavy atom. The van der Waals surface area contributed by atoms with Crippen LogP contribution in [0, 0.1) is 22.7 Å². The van der Waals surface area contributed by atoms with E-state index < -0.39 is 0 Å². The molecule has 0 aromatic carbocycles. The third-order valence-electron chi connectivity index (χ3n) is 3.48. The predicted molar refractivity (Wildman–Crippen MR) is 89.3 cm³/mol. The summed E-state index contributed by atoms with van der Waals surface area (Å²) < 4.78 is 0. The van der Waals surface area contributed by atoms with Crippen molar-refractivity contribution in [3.05, 3.63) is 10.4 Å². The molecule has 3 rings (SSSR count). The van der Waals surface area contributed by atoms with Gasteiger partial charge in [0.2, 0.25) is 0 Å². The zero-order valence-electron chi connectivity index (χ0n) is 12.0. The van der Waals surface area contributed by atoms with E-state index in [9.17, 15) is 0 Å². The number of hydrogen-bond donors (Lipinski definition) is 1. The third kappa shape index (κ3) is 3.06. The number of nitrogens with one attached hydrogen (secondary N) is 1. The Morgan fingerprint density at radius 1 is 1.23 bits per heavy atom. The number of thiophene rings is 1. The molecule has 1 N–H and O–H groups in total. The van der Waals surface area contributed by atoms with E-state index in [-0.39, 0.29) is 0 Å². The molecule has 0 saturated carbocycles. The largest absolute Gasteiger partial charge is 0.333 e. The molecule has 8 heteroatoms. The molecule has 1 unspecified atom stereocenters. The van der Waals surface area contributed by atoms with Crippen molar-refractivity contribution < 1.29 is 4.90 Å². The summed E-state index contributed by atoms with van der Waals surface area (Å²) in [6.07, 6.45) is 1.04. The minimum atomic E-state index is 0.339. The molecule has 22 heavy (non-hydrogen) atoms. The van der Waals surface area contributed by atoms with Crippen LogP contribution in [-0.2, 0) is 13.0 Å². The van der Waals surface area contributed by atoms with Gasteiger partial charge in [-0.1, -0.05) is 23.5 Å². The van der Waals surface area contributed by atoms with Gasteiger partial charge in [-0.05, 0) is 5.56 Å². The first-order valence-electron chi connectivity index (χ1n) is 6.86. The summed E-state index contributed by atoms with van der Waals surface area (Å²) in [4.78, 5) is 13.1. The van der Waals surface area contributed by atoms with E-state index in [0.717, 1.165) is 34.8 Å². The molecule has 112 valence electrons. The normalized spacial score (nSPS) is 17.0. The van der Waals surface area contributed by atoms with Gasteiger partial charge in [-0.25, -0.2) is 9.97 Å². The molecule has 1 aliphatic heterocycles. The Balaban J connectivity index is 2.10. The van der Waals surface area contributed by atoms with Crippen LogP contribution in [0.25, 0.3) is 10.2 Å². The van der Waals surface area contributed by atoms with Gasteiger partial charge in [-0.3, -0.25) is 0 Å². The lowest BCUT2D eigenvalue weighted by Gasteiger charge is -2.19. The standard InChI is InChI=1S/C14H13N5S3/c1-19-5-2-9-10(8-19)22-13-11(9)12(20-6-3-15)17-14(18-13)21-7-4-16/h2,5-8H2,1H3/p+1. The van der Waals surface area contributed by atoms with Gasteiger partial charge in [0.1, 0.15) is 16.4 Å². The zero-order valence-corrected chi connectivity index (χ0v) is 14.5. The van der Waals surface area contributed by atoms with E-state index in [1.54, 1.807) is 11.3 Å². The second-order valence-electron chi connectivity index (χ2n) is 5.02. The lowest BCUT2D eigenvalue weighted by molar-refractivity contribution is -0.895. The first-order chi connectivity index (χ1) is 10.7. The van der Waals surface area contributed by atoms with Crippen molar-refractivity contribution >= 4 is 45.1 Å². The Hall–Kier alpha value is -1.32. The molecule has 0 spiro atoms. The van der Waals surface area contributed by atoms with Crippen molar-refractivity contribution in [3.63, 3.8) is 0 Å². The fourth-order valence-corrected chi connectivity index (χ4v) is 5.26. The molecule has 3 heterocycles. The number of quaternary nitrogens is 1. The van der Waals surface area contributed by atoms with E-state index in [0.29, 0.717) is 16.7 Å². The van der Waals surface area contributed by atoms with E-state index in [1.807, 2.05) is 0 Å². The predicted octanol–water partition coefficient (Wildman–Crippen LogP) is 1.49. The minimum absolute atomic E-state index is 0.339. The molecule has 1 atom stereocenters. The van der Waals surface area contributed by atoms with E-state index in [1.165, 1.54) is 38.9 Å². The maximum Gasteiger partial charge on any atom is 0.191 e. The lowest BCUT2D eigenvalue weighted by Crippen LogP contribution is -3.08. The third-order valence-corrected chi connectivity index (χ3v) is 6.17. The molecular formula is C14H14N5S3+. The molecule has 0 aliphatic carbocycles. The molecular weight excluding hydrogens is 334 g/mol. The topological polar surface area (TPSA) is 77.8 Å². The SMILES string of the molecule is C[NH+]1CCc2c(sc3nc(SCC#N)nc(SCC#N)c23)C1. The number of rotatable bonds is 4. The van der Waals surface area contributed by atoms with Crippen LogP contribution in [0.4, 0.5) is 0 Å². The van der Waals surface area contributed by atoms with E-state index in [2.05, 4.69) is 29.2 Å². The van der Waals surface area contributed by atoms with Crippen LogP contribution in [-0.4, -0.2) is 35.1 Å². The van der Waals surface area contributed by atoms with Crippen LogP contribution in [0.1, 0.15) is 10.4 Å². The average Bonchev–Trinajstić information content (AvgIpc) is 2.87. The highest BCUT2D eigenvalue weighted by Crippen LogP contribution is 2.37. The zero-order chi connectivity index (χ0) is 15.5. The highest BCUT2D eigenvalue weighted by atomic mass is 32.2. The number of hydrogen-bond acceptors (Lipinski definition) is 7. The Labute approximate surface area is 141 Å². The van der Waals surface area contributed by atoms with Crippen LogP contribution in [0.5, 0.6) is 0 Å². The maximum atomic E-state index is 8.87. The van der Waals surface area contributed by atoms with Crippen molar-refractivity contribution in [1.82, 2.24) is 9.97 Å². The number of thioether (sulfide) groups is 2. The fraction of sp³-hybridized carbons (Fsp3) is 0.429. The molecule has 2 aromatic heterocycles. The van der Waals surface area contributed by atoms with Crippen LogP contribution >= 0.6 is 34.9 Å². The molecule has 0 saturated heterocycles. The van der Waals surface area contributed by atoms with Crippen LogP contribution in [0.2, 0.25) is 0 Å². The van der Waals surface area contributed by atoms with Gasteiger partial charge >= 0.3 is 0 Å². The second kappa shape index (κ2) is 6.84. The fourth-order valence-electron chi connectivity index (χ4n) is 2.53. The number of likely N-dealkylation sites (N-methyl/N-ethyl adjacent to an activating group) is 1. The van der Waals surface area contributed by atoms with Crippen molar-refractivity contribution in [2.24, 2.45) is 0 Å². The van der Waals surface area contributed by atoms with Gasteiger partial charge in [-0.2, -0.15) is 10.5 Å². The van der Waals surface area contributed by atoms with Gasteiger partial charge in [0.05, 0.1) is 42.1 Å². The molecule has 0 radical (unpaired) electrons. The Morgan fingerprint density at radius 2 is 2.00 bits per heavy atom. The van der Waals surface area contributed by atoms with Crippen LogP contribution < -0.4 is 4.90 Å². The highest BCUT2D eigenvalue weighted by Gasteiger charge is 2.25. The smallest absolute Gasteiger partial charge is 0.191 e. The van der Waals surface area contributed by atoms with Crippen molar-refractivity contribution in [1.29, 1.82) is 10.5 Å². The quantitative estimate of drug-likeness (QED) is 0.512. The molecule has 0 bridgehead atoms. The van der Waals surface area contributed by atoms with E-state index in [4.69, 9.17) is 10.5 Å². The first kappa shape index (κ1) is 15.6. The monoisotopic (exact) mass is 348 g/mol. The second-order valence-corrected chi connectivity index (χ2v) is 8.01. The van der Waals surface area contributed by atoms with Crippen molar-refractivity contribution in [2.45, 2.75) is 23.1 Å². The van der Waals surface area contributed by atoms with E-state index >= 15 is 0 Å². The summed E-state index contributed by atoms with van der Waals surface area (Å²) in [5.74, 6) is 0.718. The minimum Gasteiger partial charge on any atom is -0.333 e. The molecule has 0 fully saturated rings. The summed E-state index contributed by atoms with van der Waals surface area (Å²) in [6.45, 7) is 2.14. The summed E-state index contributed by atoms with van der Waals surface area (Å²) in [5, 5.41) is 20.3. The van der Waals surface area contributed by atoms with Crippen LogP contribution in [0.3, 0.4) is 0 Å². The number of nitrogens with zero attached hydrogens (tertiary/aromatic N) is 4. The molecule has 5 nitrogen and oxygen atoms in total. The van der Waals surface area contributed by atoms with Crippen LogP contribution in [0.15, 0.2) is 10.2 Å². The van der Waals surface area contributed by atoms with Gasteiger partial charge in [0.15, 0.2) is 5.16 Å². The summed E-state index contributed by atoms with van der Waals surface area (Å²) in [5.41, 5.74) is 1.36. The Kier molecular flexibility index (Phi) is 4.84. The summed E-state index contributed by atoms with van der Waals surface area (Å²) in [6, 6.07) is 4.27. The molecule has 1 aliphatic rings. The lowest BCUT2D eigenvalue weighted by atomic mass is 10.1. The maximum absolute atomic E-state index is 8.87. The average molecular weight is 349 g/mol. The molecule has 2 aromatic rings. The number of aromatic nitrogens is 2.